The molecule has 0 aliphatic heterocycles. The van der Waals surface area contributed by atoms with Gasteiger partial charge in [0, 0.05) is 15.5 Å². The van der Waals surface area contributed by atoms with E-state index in [4.69, 9.17) is 22.1 Å². The Balaban J connectivity index is 2.25. The molecule has 0 aliphatic rings. The molecule has 0 amide bonds. The number of nitrogens with two attached hydrogens (primary N) is 1. The van der Waals surface area contributed by atoms with Crippen LogP contribution in [0.15, 0.2) is 46.9 Å². The summed E-state index contributed by atoms with van der Waals surface area (Å²) in [5, 5.41) is 0.686. The normalized spacial score (nSPS) is 12.2. The second-order valence-corrected chi connectivity index (χ2v) is 5.61. The van der Waals surface area contributed by atoms with E-state index in [-0.39, 0.29) is 6.04 Å². The highest BCUT2D eigenvalue weighted by molar-refractivity contribution is 9.10. The summed E-state index contributed by atoms with van der Waals surface area (Å²) in [6.07, 6.45) is 0.681. The van der Waals surface area contributed by atoms with Crippen LogP contribution in [0, 0.1) is 0 Å². The van der Waals surface area contributed by atoms with Gasteiger partial charge < -0.3 is 10.5 Å². The molecule has 2 aromatic carbocycles. The molecule has 1 unspecified atom stereocenters. The van der Waals surface area contributed by atoms with Gasteiger partial charge in [0.1, 0.15) is 5.75 Å². The Bertz CT molecular complexity index is 574. The highest BCUT2D eigenvalue weighted by Crippen LogP contribution is 2.29. The minimum atomic E-state index is -0.165. The van der Waals surface area contributed by atoms with Gasteiger partial charge in [0.2, 0.25) is 0 Å². The van der Waals surface area contributed by atoms with E-state index in [1.54, 1.807) is 7.11 Å². The molecule has 0 heterocycles. The van der Waals surface area contributed by atoms with Gasteiger partial charge in [0.05, 0.1) is 7.11 Å². The van der Waals surface area contributed by atoms with Crippen LogP contribution in [0.4, 0.5) is 0 Å². The molecule has 2 N–H and O–H groups in total. The van der Waals surface area contributed by atoms with E-state index in [9.17, 15) is 0 Å². The second-order valence-electron chi connectivity index (χ2n) is 4.29. The molecule has 0 bridgehead atoms. The molecule has 2 aromatic rings. The maximum Gasteiger partial charge on any atom is 0.122 e. The van der Waals surface area contributed by atoms with Crippen LogP contribution < -0.4 is 10.5 Å². The molecule has 2 nitrogen and oxygen atoms in total. The van der Waals surface area contributed by atoms with Crippen LogP contribution in [-0.4, -0.2) is 7.11 Å². The summed E-state index contributed by atoms with van der Waals surface area (Å²) < 4.78 is 6.31. The van der Waals surface area contributed by atoms with Gasteiger partial charge in [-0.1, -0.05) is 45.7 Å². The van der Waals surface area contributed by atoms with E-state index >= 15 is 0 Å². The maximum absolute atomic E-state index is 6.26. The summed E-state index contributed by atoms with van der Waals surface area (Å²) in [5.41, 5.74) is 8.27. The summed E-state index contributed by atoms with van der Waals surface area (Å²) in [6, 6.07) is 13.4. The molecule has 2 rings (SSSR count). The lowest BCUT2D eigenvalue weighted by Crippen LogP contribution is -2.14. The molecular weight excluding hydrogens is 326 g/mol. The van der Waals surface area contributed by atoms with E-state index in [0.717, 1.165) is 21.3 Å². The van der Waals surface area contributed by atoms with Crippen molar-refractivity contribution in [2.75, 3.05) is 7.11 Å². The molecule has 0 saturated carbocycles. The van der Waals surface area contributed by atoms with Gasteiger partial charge in [-0.25, -0.2) is 0 Å². The van der Waals surface area contributed by atoms with Crippen LogP contribution >= 0.6 is 27.5 Å². The lowest BCUT2D eigenvalue weighted by Gasteiger charge is -2.16. The first-order valence-electron chi connectivity index (χ1n) is 5.94. The Hall–Kier alpha value is -1.03. The summed E-state index contributed by atoms with van der Waals surface area (Å²) in [4.78, 5) is 0. The zero-order valence-corrected chi connectivity index (χ0v) is 12.9. The lowest BCUT2D eigenvalue weighted by atomic mass is 9.99. The number of hydrogen-bond donors (Lipinski definition) is 1. The van der Waals surface area contributed by atoms with E-state index in [0.29, 0.717) is 11.4 Å². The number of methoxy groups -OCH3 is 1. The zero-order chi connectivity index (χ0) is 13.8. The van der Waals surface area contributed by atoms with Gasteiger partial charge in [0.15, 0.2) is 0 Å². The lowest BCUT2D eigenvalue weighted by molar-refractivity contribution is 0.408. The molecule has 1 atom stereocenters. The third-order valence-corrected chi connectivity index (χ3v) is 3.83. The Morgan fingerprint density at radius 1 is 1.26 bits per heavy atom. The fourth-order valence-electron chi connectivity index (χ4n) is 2.02. The second kappa shape index (κ2) is 6.42. The van der Waals surface area contributed by atoms with Crippen LogP contribution in [0.2, 0.25) is 5.02 Å². The van der Waals surface area contributed by atoms with Crippen LogP contribution in [-0.2, 0) is 6.42 Å². The number of rotatable bonds is 4. The predicted molar refractivity (Wildman–Crippen MR) is 82.8 cm³/mol. The number of benzene rings is 2. The number of halogens is 2. The molecule has 0 spiro atoms. The zero-order valence-electron chi connectivity index (χ0n) is 10.6. The quantitative estimate of drug-likeness (QED) is 0.898. The van der Waals surface area contributed by atoms with Gasteiger partial charge in [0.25, 0.3) is 0 Å². The van der Waals surface area contributed by atoms with Crippen molar-refractivity contribution in [1.29, 1.82) is 0 Å². The van der Waals surface area contributed by atoms with Crippen molar-refractivity contribution in [2.24, 2.45) is 5.73 Å². The largest absolute Gasteiger partial charge is 0.496 e. The Kier molecular flexibility index (Phi) is 4.86. The van der Waals surface area contributed by atoms with Crippen LogP contribution in [0.5, 0.6) is 5.75 Å². The minimum Gasteiger partial charge on any atom is -0.496 e. The predicted octanol–water partition coefficient (Wildman–Crippen LogP) is 4.35. The van der Waals surface area contributed by atoms with Gasteiger partial charge in [-0.3, -0.25) is 0 Å². The highest BCUT2D eigenvalue weighted by atomic mass is 79.9. The first-order valence-corrected chi connectivity index (χ1v) is 7.11. The average Bonchev–Trinajstić information content (AvgIpc) is 2.42. The van der Waals surface area contributed by atoms with Crippen molar-refractivity contribution in [3.05, 3.63) is 63.1 Å². The molecular formula is C15H15BrClNO. The van der Waals surface area contributed by atoms with E-state index in [2.05, 4.69) is 15.9 Å². The van der Waals surface area contributed by atoms with Gasteiger partial charge in [-0.15, -0.1) is 0 Å². The van der Waals surface area contributed by atoms with Crippen molar-refractivity contribution < 1.29 is 4.74 Å². The van der Waals surface area contributed by atoms with Crippen LogP contribution in [0.1, 0.15) is 17.2 Å². The van der Waals surface area contributed by atoms with E-state index < -0.39 is 0 Å². The summed E-state index contributed by atoms with van der Waals surface area (Å²) in [7, 11) is 1.66. The van der Waals surface area contributed by atoms with E-state index in [1.807, 2.05) is 42.5 Å². The topological polar surface area (TPSA) is 35.2 Å². The molecule has 0 aromatic heterocycles. The molecule has 19 heavy (non-hydrogen) atoms. The Labute approximate surface area is 126 Å². The monoisotopic (exact) mass is 339 g/mol. The van der Waals surface area contributed by atoms with Gasteiger partial charge >= 0.3 is 0 Å². The Morgan fingerprint density at radius 2 is 2.00 bits per heavy atom. The SMILES string of the molecule is COc1ccccc1CC(N)c1cc(Br)ccc1Cl. The maximum atomic E-state index is 6.26. The molecule has 0 saturated heterocycles. The summed E-state index contributed by atoms with van der Waals surface area (Å²) in [5.74, 6) is 0.851. The molecule has 0 aliphatic carbocycles. The van der Waals surface area contributed by atoms with Crippen LogP contribution in [0.3, 0.4) is 0 Å². The van der Waals surface area contributed by atoms with Crippen molar-refractivity contribution in [3.63, 3.8) is 0 Å². The standard InChI is InChI=1S/C15H15BrClNO/c1-19-15-5-3-2-4-10(15)8-14(18)12-9-11(16)6-7-13(12)17/h2-7,9,14H,8,18H2,1H3. The third kappa shape index (κ3) is 3.50. The summed E-state index contributed by atoms with van der Waals surface area (Å²) in [6.45, 7) is 0. The van der Waals surface area contributed by atoms with E-state index in [1.165, 1.54) is 0 Å². The first-order chi connectivity index (χ1) is 9.11. The van der Waals surface area contributed by atoms with Gasteiger partial charge in [-0.05, 0) is 41.8 Å². The number of ether oxygens (including phenoxy) is 1. The fourth-order valence-corrected chi connectivity index (χ4v) is 2.65. The smallest absolute Gasteiger partial charge is 0.122 e. The minimum absolute atomic E-state index is 0.165. The molecule has 100 valence electrons. The van der Waals surface area contributed by atoms with Crippen molar-refractivity contribution in [1.82, 2.24) is 0 Å². The average molecular weight is 341 g/mol. The van der Waals surface area contributed by atoms with Crippen LogP contribution in [0.25, 0.3) is 0 Å². The first kappa shape index (κ1) is 14.4. The van der Waals surface area contributed by atoms with Crippen molar-refractivity contribution in [3.8, 4) is 5.75 Å². The number of hydrogen-bond acceptors (Lipinski definition) is 2. The molecule has 0 radical (unpaired) electrons. The highest BCUT2D eigenvalue weighted by Gasteiger charge is 2.13. The number of para-hydroxylation sites is 1. The summed E-state index contributed by atoms with van der Waals surface area (Å²) >= 11 is 9.64. The van der Waals surface area contributed by atoms with Gasteiger partial charge in [-0.2, -0.15) is 0 Å². The fraction of sp³-hybridized carbons (Fsp3) is 0.200. The third-order valence-electron chi connectivity index (χ3n) is 2.99. The van der Waals surface area contributed by atoms with Crippen molar-refractivity contribution >= 4 is 27.5 Å². The Morgan fingerprint density at radius 3 is 2.74 bits per heavy atom. The van der Waals surface area contributed by atoms with Crippen molar-refractivity contribution in [2.45, 2.75) is 12.5 Å². The molecule has 0 fully saturated rings. The molecule has 4 heteroatoms.